The number of nitrogens with zero attached hydrogens (tertiary/aromatic N) is 4. The maximum absolute atomic E-state index is 12.7. The largest absolute Gasteiger partial charge is 0.493 e. The molecule has 3 N–H and O–H groups in total. The van der Waals surface area contributed by atoms with Gasteiger partial charge in [0.1, 0.15) is 11.6 Å². The van der Waals surface area contributed by atoms with Gasteiger partial charge in [-0.3, -0.25) is 14.9 Å². The Morgan fingerprint density at radius 2 is 2.05 bits per heavy atom. The Morgan fingerprint density at radius 1 is 1.11 bits per heavy atom. The molecule has 9 heteroatoms. The Labute approximate surface area is 212 Å². The number of amides is 1. The third kappa shape index (κ3) is 4.71. The monoisotopic (exact) mass is 492 g/mol. The zero-order valence-electron chi connectivity index (χ0n) is 19.9. The van der Waals surface area contributed by atoms with E-state index in [1.165, 1.54) is 0 Å². The van der Waals surface area contributed by atoms with Crippen LogP contribution >= 0.6 is 0 Å². The van der Waals surface area contributed by atoms with Gasteiger partial charge in [-0.15, -0.1) is 0 Å². The van der Waals surface area contributed by atoms with Crippen molar-refractivity contribution >= 4 is 16.8 Å². The Balaban J connectivity index is 1.18. The fraction of sp³-hybridized carbons (Fsp3) is 0.179. The lowest BCUT2D eigenvalue weighted by molar-refractivity contribution is 0.0954. The number of aromatic nitrogens is 5. The minimum absolute atomic E-state index is 0.0714. The number of aromatic amines is 1. The minimum Gasteiger partial charge on any atom is -0.493 e. The molecule has 0 bridgehead atoms. The summed E-state index contributed by atoms with van der Waals surface area (Å²) < 4.78 is 5.97. The van der Waals surface area contributed by atoms with E-state index >= 15 is 0 Å². The van der Waals surface area contributed by atoms with Crippen LogP contribution in [0, 0.1) is 0 Å². The lowest BCUT2D eigenvalue weighted by atomic mass is 9.94. The second-order valence-electron chi connectivity index (χ2n) is 9.03. The molecule has 9 nitrogen and oxygen atoms in total. The topological polar surface area (TPSA) is 126 Å². The van der Waals surface area contributed by atoms with Crippen LogP contribution in [0.15, 0.2) is 73.3 Å². The number of aromatic hydroxyl groups is 1. The first-order valence-electron chi connectivity index (χ1n) is 12.1. The fourth-order valence-electron chi connectivity index (χ4n) is 4.57. The van der Waals surface area contributed by atoms with Crippen molar-refractivity contribution in [2.45, 2.75) is 18.8 Å². The van der Waals surface area contributed by atoms with Crippen molar-refractivity contribution in [1.29, 1.82) is 0 Å². The van der Waals surface area contributed by atoms with Crippen LogP contribution in [0.25, 0.3) is 22.0 Å². The van der Waals surface area contributed by atoms with E-state index in [9.17, 15) is 9.90 Å². The molecule has 4 heterocycles. The summed E-state index contributed by atoms with van der Waals surface area (Å²) in [6.07, 6.45) is 8.35. The van der Waals surface area contributed by atoms with Gasteiger partial charge in [0.15, 0.2) is 0 Å². The van der Waals surface area contributed by atoms with Crippen molar-refractivity contribution in [3.05, 3.63) is 95.8 Å². The molecular formula is C28H24N6O3. The standard InChI is InChI=1S/C28H24N6O3/c35-27(30-9-7-17-2-1-8-29-13-17)19-4-6-25-20(10-19)11-21(16-37-25)26-33-24-5-3-18(22-14-31-32-15-22)12-23(24)28(36)34-26/h1-6,8,10,12-15,21H,7,9,11,16H2,(H,30,35)(H,31,32)(H,33,34,36). The van der Waals surface area contributed by atoms with Gasteiger partial charge in [0.2, 0.25) is 5.88 Å². The van der Waals surface area contributed by atoms with Gasteiger partial charge < -0.3 is 15.2 Å². The maximum atomic E-state index is 12.7. The van der Waals surface area contributed by atoms with Crippen LogP contribution < -0.4 is 10.1 Å². The summed E-state index contributed by atoms with van der Waals surface area (Å²) in [5, 5.41) is 21.0. The molecule has 1 amide bonds. The van der Waals surface area contributed by atoms with Crippen molar-refractivity contribution in [3.8, 4) is 22.8 Å². The molecule has 0 fully saturated rings. The van der Waals surface area contributed by atoms with Crippen molar-refractivity contribution in [1.82, 2.24) is 30.5 Å². The van der Waals surface area contributed by atoms with Crippen LogP contribution in [0.1, 0.15) is 33.2 Å². The lowest BCUT2D eigenvalue weighted by Crippen LogP contribution is -2.26. The van der Waals surface area contributed by atoms with E-state index in [0.717, 1.165) is 28.0 Å². The number of carbonyl (C=O) groups excluding carboxylic acids is 1. The summed E-state index contributed by atoms with van der Waals surface area (Å²) in [6, 6.07) is 15.0. The van der Waals surface area contributed by atoms with Gasteiger partial charge in [-0.05, 0) is 65.9 Å². The molecule has 3 aromatic heterocycles. The van der Waals surface area contributed by atoms with Gasteiger partial charge in [0, 0.05) is 36.3 Å². The van der Waals surface area contributed by atoms with Crippen LogP contribution in [-0.4, -0.2) is 49.3 Å². The Hall–Kier alpha value is -4.79. The number of hydrogen-bond acceptors (Lipinski definition) is 7. The summed E-state index contributed by atoms with van der Waals surface area (Å²) in [7, 11) is 0. The van der Waals surface area contributed by atoms with Gasteiger partial charge in [0.05, 0.1) is 29.6 Å². The van der Waals surface area contributed by atoms with E-state index < -0.39 is 0 Å². The number of carbonyl (C=O) groups is 1. The molecule has 0 aliphatic carbocycles. The number of fused-ring (bicyclic) bond motifs is 2. The molecule has 2 aromatic carbocycles. The number of H-pyrrole nitrogens is 1. The van der Waals surface area contributed by atoms with Crippen molar-refractivity contribution in [2.75, 3.05) is 13.2 Å². The summed E-state index contributed by atoms with van der Waals surface area (Å²) in [5.74, 6) is 0.899. The normalized spacial score (nSPS) is 14.6. The number of rotatable bonds is 6. The quantitative estimate of drug-likeness (QED) is 0.329. The molecule has 6 rings (SSSR count). The predicted octanol–water partition coefficient (Wildman–Crippen LogP) is 3.81. The van der Waals surface area contributed by atoms with Crippen molar-refractivity contribution < 1.29 is 14.6 Å². The van der Waals surface area contributed by atoms with Crippen LogP contribution in [0.4, 0.5) is 0 Å². The highest BCUT2D eigenvalue weighted by Gasteiger charge is 2.26. The molecule has 37 heavy (non-hydrogen) atoms. The highest BCUT2D eigenvalue weighted by atomic mass is 16.5. The predicted molar refractivity (Wildman–Crippen MR) is 137 cm³/mol. The minimum atomic E-state index is -0.153. The van der Waals surface area contributed by atoms with E-state index in [4.69, 9.17) is 9.72 Å². The molecule has 0 spiro atoms. The van der Waals surface area contributed by atoms with Gasteiger partial charge >= 0.3 is 0 Å². The van der Waals surface area contributed by atoms with E-state index in [1.54, 1.807) is 30.9 Å². The Bertz CT molecular complexity index is 1570. The molecule has 1 unspecified atom stereocenters. The lowest BCUT2D eigenvalue weighted by Gasteiger charge is -2.25. The molecule has 1 aliphatic rings. The molecule has 5 aromatic rings. The number of nitrogens with one attached hydrogen (secondary N) is 2. The zero-order valence-corrected chi connectivity index (χ0v) is 19.9. The number of ether oxygens (including phenoxy) is 1. The SMILES string of the molecule is O=C(NCCc1cccnc1)c1ccc2c(c1)CC(c1nc(O)c3cc(-c4cn[nH]c4)ccc3n1)CO2. The number of pyridine rings is 1. The first-order chi connectivity index (χ1) is 18.1. The van der Waals surface area contributed by atoms with Crippen LogP contribution in [0.5, 0.6) is 11.6 Å². The highest BCUT2D eigenvalue weighted by molar-refractivity contribution is 5.94. The summed E-state index contributed by atoms with van der Waals surface area (Å²) in [6.45, 7) is 0.912. The average Bonchev–Trinajstić information content (AvgIpc) is 3.48. The Morgan fingerprint density at radius 3 is 2.89 bits per heavy atom. The van der Waals surface area contributed by atoms with Gasteiger partial charge in [-0.2, -0.15) is 10.1 Å². The van der Waals surface area contributed by atoms with Crippen LogP contribution in [0.2, 0.25) is 0 Å². The molecular weight excluding hydrogens is 468 g/mol. The Kier molecular flexibility index (Phi) is 5.94. The van der Waals surface area contributed by atoms with E-state index in [0.29, 0.717) is 48.3 Å². The number of hydrogen-bond donors (Lipinski definition) is 3. The van der Waals surface area contributed by atoms with Gasteiger partial charge in [0.25, 0.3) is 5.91 Å². The third-order valence-electron chi connectivity index (χ3n) is 6.54. The summed E-state index contributed by atoms with van der Waals surface area (Å²) >= 11 is 0. The van der Waals surface area contributed by atoms with E-state index in [1.807, 2.05) is 42.5 Å². The summed E-state index contributed by atoms with van der Waals surface area (Å²) in [4.78, 5) is 26.0. The molecule has 1 aliphatic heterocycles. The second kappa shape index (κ2) is 9.69. The number of benzene rings is 2. The van der Waals surface area contributed by atoms with E-state index in [2.05, 4.69) is 25.5 Å². The highest BCUT2D eigenvalue weighted by Crippen LogP contribution is 2.34. The van der Waals surface area contributed by atoms with Crippen molar-refractivity contribution in [3.63, 3.8) is 0 Å². The smallest absolute Gasteiger partial charge is 0.251 e. The molecule has 1 atom stereocenters. The van der Waals surface area contributed by atoms with Crippen LogP contribution in [-0.2, 0) is 12.8 Å². The van der Waals surface area contributed by atoms with Crippen LogP contribution in [0.3, 0.4) is 0 Å². The molecule has 0 saturated heterocycles. The molecule has 0 saturated carbocycles. The summed E-state index contributed by atoms with van der Waals surface area (Å²) in [5.41, 5.74) is 5.04. The van der Waals surface area contributed by atoms with Gasteiger partial charge in [-0.1, -0.05) is 12.1 Å². The molecule has 0 radical (unpaired) electrons. The van der Waals surface area contributed by atoms with E-state index in [-0.39, 0.29) is 17.7 Å². The third-order valence-corrected chi connectivity index (χ3v) is 6.54. The second-order valence-corrected chi connectivity index (χ2v) is 9.03. The first-order valence-corrected chi connectivity index (χ1v) is 12.1. The van der Waals surface area contributed by atoms with Gasteiger partial charge in [-0.25, -0.2) is 4.98 Å². The average molecular weight is 493 g/mol. The zero-order chi connectivity index (χ0) is 25.2. The maximum Gasteiger partial charge on any atom is 0.251 e. The fourth-order valence-corrected chi connectivity index (χ4v) is 4.57. The molecule has 184 valence electrons. The van der Waals surface area contributed by atoms with Crippen molar-refractivity contribution in [2.24, 2.45) is 0 Å². The first kappa shape index (κ1) is 22.7.